The summed E-state index contributed by atoms with van der Waals surface area (Å²) in [6.45, 7) is 1.48. The summed E-state index contributed by atoms with van der Waals surface area (Å²) < 4.78 is 62.8. The van der Waals surface area contributed by atoms with Gasteiger partial charge < -0.3 is 4.79 Å². The van der Waals surface area contributed by atoms with Crippen molar-refractivity contribution in [1.82, 2.24) is 4.98 Å². The van der Waals surface area contributed by atoms with E-state index >= 15 is 0 Å². The van der Waals surface area contributed by atoms with Gasteiger partial charge in [-0.25, -0.2) is 8.42 Å². The highest BCUT2D eigenvalue weighted by Crippen LogP contribution is 2.32. The number of hydrogen-bond acceptors (Lipinski definition) is 4. The summed E-state index contributed by atoms with van der Waals surface area (Å²) in [5.41, 5.74) is 0.235. The van der Waals surface area contributed by atoms with Crippen LogP contribution in [0.1, 0.15) is 18.2 Å². The van der Waals surface area contributed by atoms with E-state index in [1.54, 1.807) is 0 Å². The van der Waals surface area contributed by atoms with E-state index in [2.05, 4.69) is 20.9 Å². The number of rotatable bonds is 6. The molecule has 0 fully saturated rings. The molecule has 0 bridgehead atoms. The van der Waals surface area contributed by atoms with Gasteiger partial charge in [-0.1, -0.05) is 35.0 Å². The predicted octanol–water partition coefficient (Wildman–Crippen LogP) is 4.07. The first-order chi connectivity index (χ1) is 12.1. The topological polar surface area (TPSA) is 64.1 Å². The van der Waals surface area contributed by atoms with Crippen LogP contribution in [0.15, 0.2) is 41.4 Å². The van der Waals surface area contributed by atoms with E-state index in [4.69, 9.17) is 0 Å². The molecule has 2 aromatic rings. The van der Waals surface area contributed by atoms with E-state index in [-0.39, 0.29) is 22.8 Å². The lowest BCUT2D eigenvalue weighted by Crippen LogP contribution is -2.13. The summed E-state index contributed by atoms with van der Waals surface area (Å²) >= 11 is 3.12. The van der Waals surface area contributed by atoms with Crippen molar-refractivity contribution in [3.05, 3.63) is 47.8 Å². The van der Waals surface area contributed by atoms with Crippen molar-refractivity contribution < 1.29 is 26.4 Å². The molecule has 0 saturated carbocycles. The van der Waals surface area contributed by atoms with Gasteiger partial charge in [-0.2, -0.15) is 13.2 Å². The second-order valence-electron chi connectivity index (χ2n) is 5.50. The van der Waals surface area contributed by atoms with E-state index in [1.807, 2.05) is 0 Å². The van der Waals surface area contributed by atoms with E-state index in [1.165, 1.54) is 31.3 Å². The van der Waals surface area contributed by atoms with Crippen LogP contribution >= 0.6 is 15.9 Å². The molecule has 1 aromatic heterocycles. The van der Waals surface area contributed by atoms with Crippen LogP contribution < -0.4 is 0 Å². The molecule has 0 N–H and O–H groups in total. The number of aldehydes is 1. The summed E-state index contributed by atoms with van der Waals surface area (Å²) in [7, 11) is -3.62. The fourth-order valence-corrected chi connectivity index (χ4v) is 3.71. The number of hydrogen-bond donors (Lipinski definition) is 0. The van der Waals surface area contributed by atoms with Gasteiger partial charge in [-0.15, -0.1) is 0 Å². The van der Waals surface area contributed by atoms with Crippen molar-refractivity contribution in [1.29, 1.82) is 0 Å². The average molecular weight is 450 g/mol. The zero-order chi connectivity index (χ0) is 19.5. The van der Waals surface area contributed by atoms with Crippen molar-refractivity contribution in [3.8, 4) is 11.1 Å². The third-order valence-electron chi connectivity index (χ3n) is 3.73. The molecule has 1 aromatic carbocycles. The van der Waals surface area contributed by atoms with Gasteiger partial charge in [0.05, 0.1) is 26.7 Å². The Morgan fingerprint density at radius 3 is 2.31 bits per heavy atom. The van der Waals surface area contributed by atoms with E-state index in [0.29, 0.717) is 17.4 Å². The van der Waals surface area contributed by atoms with Gasteiger partial charge in [0.25, 0.3) is 0 Å². The number of aromatic nitrogens is 1. The van der Waals surface area contributed by atoms with Crippen LogP contribution in [0.2, 0.25) is 0 Å². The first kappa shape index (κ1) is 20.6. The Morgan fingerprint density at radius 1 is 1.19 bits per heavy atom. The number of nitrogens with zero attached hydrogens (tertiary/aromatic N) is 1. The summed E-state index contributed by atoms with van der Waals surface area (Å²) in [4.78, 5) is 14.4. The number of alkyl halides is 4. The molecule has 1 atom stereocenters. The number of halogens is 4. The lowest BCUT2D eigenvalue weighted by atomic mass is 10.0. The quantitative estimate of drug-likeness (QED) is 0.492. The first-order valence-electron chi connectivity index (χ1n) is 7.57. The maximum absolute atomic E-state index is 12.7. The third kappa shape index (κ3) is 4.70. The molecule has 0 saturated heterocycles. The molecular formula is C17H15BrF3NO3S. The van der Waals surface area contributed by atoms with Crippen molar-refractivity contribution in [2.45, 2.75) is 29.2 Å². The standard InChI is InChI=1S/C17H15BrF3NO3S/c1-2-26(24,25)16-7-12(9-22-15(16)8-14(18)10-23)11-3-5-13(6-4-11)17(19,20)21/h3-7,9-10,14H,2,8H2,1H3. The van der Waals surface area contributed by atoms with Crippen LogP contribution in [-0.4, -0.2) is 30.3 Å². The van der Waals surface area contributed by atoms with Crippen LogP contribution in [0, 0.1) is 0 Å². The number of sulfone groups is 1. The van der Waals surface area contributed by atoms with Gasteiger partial charge in [0.15, 0.2) is 9.84 Å². The molecule has 0 aliphatic heterocycles. The highest BCUT2D eigenvalue weighted by molar-refractivity contribution is 9.09. The first-order valence-corrected chi connectivity index (χ1v) is 10.1. The molecule has 1 unspecified atom stereocenters. The fourth-order valence-electron chi connectivity index (χ4n) is 2.29. The third-order valence-corrected chi connectivity index (χ3v) is 6.05. The maximum atomic E-state index is 12.7. The minimum Gasteiger partial charge on any atom is -0.302 e. The highest BCUT2D eigenvalue weighted by Gasteiger charge is 2.30. The lowest BCUT2D eigenvalue weighted by Gasteiger charge is -2.12. The molecule has 9 heteroatoms. The zero-order valence-corrected chi connectivity index (χ0v) is 16.0. The minimum atomic E-state index is -4.45. The van der Waals surface area contributed by atoms with Gasteiger partial charge >= 0.3 is 6.18 Å². The second-order valence-corrected chi connectivity index (χ2v) is 8.93. The molecule has 26 heavy (non-hydrogen) atoms. The van der Waals surface area contributed by atoms with Gasteiger partial charge in [0.2, 0.25) is 0 Å². The molecule has 0 amide bonds. The molecule has 1 heterocycles. The Balaban J connectivity index is 2.51. The summed E-state index contributed by atoms with van der Waals surface area (Å²) in [5.74, 6) is -0.161. The van der Waals surface area contributed by atoms with E-state index in [9.17, 15) is 26.4 Å². The van der Waals surface area contributed by atoms with Crippen molar-refractivity contribution >= 4 is 32.1 Å². The van der Waals surface area contributed by atoms with Crippen LogP contribution in [0.5, 0.6) is 0 Å². The average Bonchev–Trinajstić information content (AvgIpc) is 2.61. The van der Waals surface area contributed by atoms with Crippen LogP contribution in [0.4, 0.5) is 13.2 Å². The molecule has 140 valence electrons. The molecule has 4 nitrogen and oxygen atoms in total. The van der Waals surface area contributed by atoms with Crippen LogP contribution in [0.25, 0.3) is 11.1 Å². The monoisotopic (exact) mass is 449 g/mol. The predicted molar refractivity (Wildman–Crippen MR) is 94.9 cm³/mol. The summed E-state index contributed by atoms with van der Waals surface area (Å²) in [5, 5.41) is 0. The number of carbonyl (C=O) groups excluding carboxylic acids is 1. The molecule has 0 aliphatic carbocycles. The van der Waals surface area contributed by atoms with Crippen LogP contribution in [-0.2, 0) is 27.2 Å². The Morgan fingerprint density at radius 2 is 1.81 bits per heavy atom. The molecule has 0 radical (unpaired) electrons. The van der Waals surface area contributed by atoms with E-state index < -0.39 is 26.4 Å². The summed E-state index contributed by atoms with van der Waals surface area (Å²) in [6, 6.07) is 5.77. The Labute approximate surface area is 157 Å². The Kier molecular flexibility index (Phi) is 6.23. The summed E-state index contributed by atoms with van der Waals surface area (Å²) in [6.07, 6.45) is -2.34. The number of carbonyl (C=O) groups is 1. The molecule has 0 spiro atoms. The highest BCUT2D eigenvalue weighted by atomic mass is 79.9. The minimum absolute atomic E-state index is 0.0244. The second kappa shape index (κ2) is 7.87. The van der Waals surface area contributed by atoms with Crippen molar-refractivity contribution in [2.24, 2.45) is 0 Å². The fraction of sp³-hybridized carbons (Fsp3) is 0.294. The van der Waals surface area contributed by atoms with Crippen LogP contribution in [0.3, 0.4) is 0 Å². The zero-order valence-electron chi connectivity index (χ0n) is 13.6. The Bertz CT molecular complexity index is 896. The van der Waals surface area contributed by atoms with Gasteiger partial charge in [0.1, 0.15) is 6.29 Å². The number of pyridine rings is 1. The molecular weight excluding hydrogens is 435 g/mol. The van der Waals surface area contributed by atoms with Crippen molar-refractivity contribution in [2.75, 3.05) is 5.75 Å². The van der Waals surface area contributed by atoms with Crippen molar-refractivity contribution in [3.63, 3.8) is 0 Å². The molecule has 0 aliphatic rings. The number of benzene rings is 1. The smallest absolute Gasteiger partial charge is 0.302 e. The Hall–Kier alpha value is -1.74. The normalized spacial score (nSPS) is 13.4. The largest absolute Gasteiger partial charge is 0.416 e. The maximum Gasteiger partial charge on any atom is 0.416 e. The van der Waals surface area contributed by atoms with Gasteiger partial charge in [-0.05, 0) is 23.8 Å². The molecule has 2 rings (SSSR count). The van der Waals surface area contributed by atoms with E-state index in [0.717, 1.165) is 12.1 Å². The SMILES string of the molecule is CCS(=O)(=O)c1cc(-c2ccc(C(F)(F)F)cc2)cnc1CC(Br)C=O. The lowest BCUT2D eigenvalue weighted by molar-refractivity contribution is -0.137. The van der Waals surface area contributed by atoms with Gasteiger partial charge in [0, 0.05) is 18.2 Å². The van der Waals surface area contributed by atoms with Gasteiger partial charge in [-0.3, -0.25) is 4.98 Å².